The van der Waals surface area contributed by atoms with Gasteiger partial charge in [0.2, 0.25) is 11.8 Å². The molecule has 0 aliphatic carbocycles. The Kier molecular flexibility index (Phi) is 5.31. The predicted molar refractivity (Wildman–Crippen MR) is 84.6 cm³/mol. The number of amides is 2. The van der Waals surface area contributed by atoms with E-state index in [0.29, 0.717) is 29.4 Å². The first kappa shape index (κ1) is 15.9. The van der Waals surface area contributed by atoms with Crippen LogP contribution in [0.3, 0.4) is 0 Å². The Bertz CT molecular complexity index is 540. The summed E-state index contributed by atoms with van der Waals surface area (Å²) in [5, 5.41) is 3.32. The van der Waals surface area contributed by atoms with Crippen LogP contribution < -0.4 is 11.1 Å². The van der Waals surface area contributed by atoms with E-state index in [1.54, 1.807) is 4.90 Å². The molecule has 1 aromatic rings. The van der Waals surface area contributed by atoms with Crippen LogP contribution in [0.25, 0.3) is 0 Å². The van der Waals surface area contributed by atoms with Crippen molar-refractivity contribution < 1.29 is 9.59 Å². The number of nitrogens with two attached hydrogens (primary N) is 1. The van der Waals surface area contributed by atoms with Crippen LogP contribution in [0.1, 0.15) is 25.7 Å². The van der Waals surface area contributed by atoms with E-state index < -0.39 is 0 Å². The SMILES string of the molecule is Nc1cc(Cl)cc(Cl)c1NC(=O)CN1CCCCCC1=O. The molecule has 0 unspecified atom stereocenters. The maximum atomic E-state index is 12.1. The molecule has 0 radical (unpaired) electrons. The lowest BCUT2D eigenvalue weighted by molar-refractivity contribution is -0.134. The number of anilines is 2. The van der Waals surface area contributed by atoms with Crippen LogP contribution in [0.4, 0.5) is 11.4 Å². The first-order chi connectivity index (χ1) is 9.97. The Morgan fingerprint density at radius 2 is 2.05 bits per heavy atom. The predicted octanol–water partition coefficient (Wildman–Crippen LogP) is 2.92. The quantitative estimate of drug-likeness (QED) is 0.837. The van der Waals surface area contributed by atoms with Crippen LogP contribution in [0, 0.1) is 0 Å². The number of rotatable bonds is 3. The van der Waals surface area contributed by atoms with Gasteiger partial charge in [-0.05, 0) is 25.0 Å². The van der Waals surface area contributed by atoms with Crippen molar-refractivity contribution in [2.75, 3.05) is 24.1 Å². The zero-order chi connectivity index (χ0) is 15.4. The fourth-order valence-electron chi connectivity index (χ4n) is 2.28. The van der Waals surface area contributed by atoms with E-state index >= 15 is 0 Å². The van der Waals surface area contributed by atoms with Gasteiger partial charge in [-0.15, -0.1) is 0 Å². The van der Waals surface area contributed by atoms with Crippen molar-refractivity contribution in [1.29, 1.82) is 0 Å². The summed E-state index contributed by atoms with van der Waals surface area (Å²) in [5.74, 6) is -0.306. The fourth-order valence-corrected chi connectivity index (χ4v) is 2.84. The number of nitrogens with zero attached hydrogens (tertiary/aromatic N) is 1. The minimum Gasteiger partial charge on any atom is -0.397 e. The van der Waals surface area contributed by atoms with E-state index in [9.17, 15) is 9.59 Å². The molecular weight excluding hydrogens is 313 g/mol. The maximum Gasteiger partial charge on any atom is 0.244 e. The van der Waals surface area contributed by atoms with Crippen molar-refractivity contribution in [2.45, 2.75) is 25.7 Å². The maximum absolute atomic E-state index is 12.1. The molecule has 3 N–H and O–H groups in total. The number of hydrogen-bond acceptors (Lipinski definition) is 3. The molecule has 0 spiro atoms. The van der Waals surface area contributed by atoms with E-state index in [0.717, 1.165) is 19.3 Å². The first-order valence-corrected chi connectivity index (χ1v) is 7.55. The highest BCUT2D eigenvalue weighted by Gasteiger charge is 2.20. The number of nitrogens with one attached hydrogen (secondary N) is 1. The van der Waals surface area contributed by atoms with E-state index in [1.165, 1.54) is 12.1 Å². The number of carbonyl (C=O) groups excluding carboxylic acids is 2. The molecule has 2 rings (SSSR count). The van der Waals surface area contributed by atoms with Crippen molar-refractivity contribution in [2.24, 2.45) is 0 Å². The molecule has 1 aliphatic heterocycles. The summed E-state index contributed by atoms with van der Waals surface area (Å²) in [5.41, 5.74) is 6.41. The van der Waals surface area contributed by atoms with Gasteiger partial charge in [0.05, 0.1) is 22.9 Å². The molecule has 5 nitrogen and oxygen atoms in total. The summed E-state index contributed by atoms with van der Waals surface area (Å²) in [7, 11) is 0. The molecule has 2 amide bonds. The van der Waals surface area contributed by atoms with Crippen molar-refractivity contribution in [1.82, 2.24) is 4.90 Å². The van der Waals surface area contributed by atoms with Gasteiger partial charge in [0.15, 0.2) is 0 Å². The lowest BCUT2D eigenvalue weighted by Gasteiger charge is -2.20. The molecule has 1 saturated heterocycles. The van der Waals surface area contributed by atoms with E-state index in [4.69, 9.17) is 28.9 Å². The molecular formula is C14H17Cl2N3O2. The third-order valence-electron chi connectivity index (χ3n) is 3.36. The molecule has 21 heavy (non-hydrogen) atoms. The van der Waals surface area contributed by atoms with Gasteiger partial charge in [0, 0.05) is 18.0 Å². The van der Waals surface area contributed by atoms with Crippen LogP contribution in [0.15, 0.2) is 12.1 Å². The Balaban J connectivity index is 2.03. The second-order valence-electron chi connectivity index (χ2n) is 5.03. The number of halogens is 2. The summed E-state index contributed by atoms with van der Waals surface area (Å²) in [6, 6.07) is 3.02. The first-order valence-electron chi connectivity index (χ1n) is 6.79. The molecule has 0 saturated carbocycles. The highest BCUT2D eigenvalue weighted by Crippen LogP contribution is 2.32. The third-order valence-corrected chi connectivity index (χ3v) is 3.87. The lowest BCUT2D eigenvalue weighted by atomic mass is 10.2. The molecule has 1 heterocycles. The largest absolute Gasteiger partial charge is 0.397 e. The zero-order valence-corrected chi connectivity index (χ0v) is 13.0. The normalized spacial score (nSPS) is 15.7. The Labute approximate surface area is 133 Å². The van der Waals surface area contributed by atoms with E-state index in [1.807, 2.05) is 0 Å². The van der Waals surface area contributed by atoms with Crippen molar-refractivity contribution in [3.8, 4) is 0 Å². The molecule has 1 fully saturated rings. The molecule has 0 atom stereocenters. The smallest absolute Gasteiger partial charge is 0.244 e. The summed E-state index contributed by atoms with van der Waals surface area (Å²) in [4.78, 5) is 25.5. The minimum atomic E-state index is -0.318. The summed E-state index contributed by atoms with van der Waals surface area (Å²) in [6.45, 7) is 0.618. The second kappa shape index (κ2) is 7.00. The van der Waals surface area contributed by atoms with E-state index in [2.05, 4.69) is 5.32 Å². The molecule has 0 aromatic heterocycles. The van der Waals surface area contributed by atoms with Crippen LogP contribution in [0.2, 0.25) is 10.0 Å². The van der Waals surface area contributed by atoms with Crippen LogP contribution in [-0.4, -0.2) is 29.8 Å². The highest BCUT2D eigenvalue weighted by molar-refractivity contribution is 6.37. The van der Waals surface area contributed by atoms with Gasteiger partial charge >= 0.3 is 0 Å². The number of nitrogen functional groups attached to an aromatic ring is 1. The van der Waals surface area contributed by atoms with Crippen LogP contribution in [0.5, 0.6) is 0 Å². The summed E-state index contributed by atoms with van der Waals surface area (Å²) < 4.78 is 0. The van der Waals surface area contributed by atoms with E-state index in [-0.39, 0.29) is 23.4 Å². The van der Waals surface area contributed by atoms with Crippen molar-refractivity contribution in [3.63, 3.8) is 0 Å². The van der Waals surface area contributed by atoms with Crippen molar-refractivity contribution >= 4 is 46.4 Å². The second-order valence-corrected chi connectivity index (χ2v) is 5.87. The van der Waals surface area contributed by atoms with Gasteiger partial charge in [-0.2, -0.15) is 0 Å². The summed E-state index contributed by atoms with van der Waals surface area (Å²) in [6.07, 6.45) is 3.31. The Morgan fingerprint density at radius 3 is 2.76 bits per heavy atom. The monoisotopic (exact) mass is 329 g/mol. The molecule has 1 aliphatic rings. The van der Waals surface area contributed by atoms with Gasteiger partial charge in [0.25, 0.3) is 0 Å². The standard InChI is InChI=1S/C14H17Cl2N3O2/c15-9-6-10(16)14(11(17)7-9)18-12(20)8-19-5-3-1-2-4-13(19)21/h6-7H,1-5,8,17H2,(H,18,20). The average Bonchev–Trinajstić information content (AvgIpc) is 2.59. The Hall–Kier alpha value is -1.46. The summed E-state index contributed by atoms with van der Waals surface area (Å²) >= 11 is 11.8. The molecule has 1 aromatic carbocycles. The average molecular weight is 330 g/mol. The molecule has 0 bridgehead atoms. The minimum absolute atomic E-state index is 0.0111. The van der Waals surface area contributed by atoms with Gasteiger partial charge in [-0.3, -0.25) is 9.59 Å². The number of likely N-dealkylation sites (tertiary alicyclic amines) is 1. The van der Waals surface area contributed by atoms with Crippen molar-refractivity contribution in [3.05, 3.63) is 22.2 Å². The number of benzene rings is 1. The van der Waals surface area contributed by atoms with Gasteiger partial charge in [0.1, 0.15) is 0 Å². The fraction of sp³-hybridized carbons (Fsp3) is 0.429. The lowest BCUT2D eigenvalue weighted by Crippen LogP contribution is -2.37. The van der Waals surface area contributed by atoms with Gasteiger partial charge in [-0.1, -0.05) is 29.6 Å². The highest BCUT2D eigenvalue weighted by atomic mass is 35.5. The third kappa shape index (κ3) is 4.25. The number of hydrogen-bond donors (Lipinski definition) is 2. The molecule has 7 heteroatoms. The molecule has 114 valence electrons. The Morgan fingerprint density at radius 1 is 1.29 bits per heavy atom. The van der Waals surface area contributed by atoms with Gasteiger partial charge < -0.3 is 16.0 Å². The zero-order valence-electron chi connectivity index (χ0n) is 11.5. The number of carbonyl (C=O) groups is 2. The van der Waals surface area contributed by atoms with Crippen LogP contribution >= 0.6 is 23.2 Å². The van der Waals surface area contributed by atoms with Gasteiger partial charge in [-0.25, -0.2) is 0 Å². The topological polar surface area (TPSA) is 75.4 Å². The van der Waals surface area contributed by atoms with Crippen LogP contribution in [-0.2, 0) is 9.59 Å².